The summed E-state index contributed by atoms with van der Waals surface area (Å²) in [6.45, 7) is 4.17. The molecule has 0 fully saturated rings. The van der Waals surface area contributed by atoms with Gasteiger partial charge < -0.3 is 5.11 Å². The van der Waals surface area contributed by atoms with Crippen molar-refractivity contribution in [3.63, 3.8) is 0 Å². The Hall–Kier alpha value is -0.130. The molecular weight excluding hydrogens is 276 g/mol. The number of aliphatic hydroxyl groups is 1. The molecule has 4 nitrogen and oxygen atoms in total. The monoisotopic (exact) mass is 308 g/mol. The van der Waals surface area contributed by atoms with Crippen molar-refractivity contribution in [1.29, 1.82) is 0 Å². The van der Waals surface area contributed by atoms with E-state index in [-0.39, 0.29) is 0 Å². The second kappa shape index (κ2) is 11.5. The molecule has 5 heteroatoms. The number of hydrogen-bond acceptors (Lipinski definition) is 3. The minimum atomic E-state index is -4.15. The molecule has 2 N–H and O–H groups in total. The van der Waals surface area contributed by atoms with Gasteiger partial charge in [-0.05, 0) is 12.8 Å². The fourth-order valence-corrected chi connectivity index (χ4v) is 3.44. The Bertz CT molecular complexity index is 314. The molecule has 2 atom stereocenters. The van der Waals surface area contributed by atoms with E-state index in [1.54, 1.807) is 0 Å². The molecule has 0 amide bonds. The molecule has 0 radical (unpaired) electrons. The Morgan fingerprint density at radius 1 is 0.800 bits per heavy atom. The lowest BCUT2D eigenvalue weighted by Crippen LogP contribution is -2.33. The predicted molar refractivity (Wildman–Crippen MR) is 83.5 cm³/mol. The van der Waals surface area contributed by atoms with Crippen LogP contribution in [0.5, 0.6) is 0 Å². The van der Waals surface area contributed by atoms with Crippen LogP contribution in [0.1, 0.15) is 84.5 Å². The van der Waals surface area contributed by atoms with Crippen molar-refractivity contribution in [2.45, 2.75) is 95.8 Å². The number of aliphatic hydroxyl groups excluding tert-OH is 1. The molecule has 0 bridgehead atoms. The third-order valence-corrected chi connectivity index (χ3v) is 5.07. The quantitative estimate of drug-likeness (QED) is 0.399. The summed E-state index contributed by atoms with van der Waals surface area (Å²) in [6, 6.07) is 0. The highest BCUT2D eigenvalue weighted by atomic mass is 32.2. The molecule has 0 aromatic rings. The van der Waals surface area contributed by atoms with Crippen LogP contribution < -0.4 is 0 Å². The summed E-state index contributed by atoms with van der Waals surface area (Å²) in [5.41, 5.74) is 0. The van der Waals surface area contributed by atoms with Crippen LogP contribution in [0.25, 0.3) is 0 Å². The first-order valence-corrected chi connectivity index (χ1v) is 9.58. The first kappa shape index (κ1) is 19.9. The molecule has 0 saturated carbocycles. The molecule has 0 aliphatic heterocycles. The Labute approximate surface area is 124 Å². The molecule has 0 aliphatic rings. The van der Waals surface area contributed by atoms with Crippen LogP contribution >= 0.6 is 0 Å². The fourth-order valence-electron chi connectivity index (χ4n) is 2.44. The van der Waals surface area contributed by atoms with Gasteiger partial charge in [0.05, 0.1) is 6.10 Å². The van der Waals surface area contributed by atoms with Gasteiger partial charge in [0.1, 0.15) is 5.25 Å². The van der Waals surface area contributed by atoms with Gasteiger partial charge in [-0.1, -0.05) is 71.6 Å². The van der Waals surface area contributed by atoms with E-state index in [1.165, 1.54) is 25.7 Å². The van der Waals surface area contributed by atoms with Gasteiger partial charge in [0.2, 0.25) is 0 Å². The van der Waals surface area contributed by atoms with Crippen molar-refractivity contribution in [3.8, 4) is 0 Å². The van der Waals surface area contributed by atoms with Crippen molar-refractivity contribution >= 4 is 10.1 Å². The lowest BCUT2D eigenvalue weighted by Gasteiger charge is -2.20. The van der Waals surface area contributed by atoms with Crippen molar-refractivity contribution in [2.24, 2.45) is 0 Å². The first-order chi connectivity index (χ1) is 9.43. The van der Waals surface area contributed by atoms with E-state index in [4.69, 9.17) is 0 Å². The zero-order valence-electron chi connectivity index (χ0n) is 13.1. The summed E-state index contributed by atoms with van der Waals surface area (Å²) in [7, 11) is -4.15. The molecular formula is C15H32O4S. The summed E-state index contributed by atoms with van der Waals surface area (Å²) in [5, 5.41) is 8.90. The van der Waals surface area contributed by atoms with Crippen LogP contribution in [0.15, 0.2) is 0 Å². The molecule has 2 unspecified atom stereocenters. The maximum atomic E-state index is 11.3. The minimum absolute atomic E-state index is 0.359. The lowest BCUT2D eigenvalue weighted by molar-refractivity contribution is 0.147. The van der Waals surface area contributed by atoms with Gasteiger partial charge in [0.25, 0.3) is 10.1 Å². The summed E-state index contributed by atoms with van der Waals surface area (Å²) >= 11 is 0. The van der Waals surface area contributed by atoms with Gasteiger partial charge in [0, 0.05) is 0 Å². The molecule has 0 aromatic heterocycles. The van der Waals surface area contributed by atoms with Gasteiger partial charge in [0.15, 0.2) is 0 Å². The fraction of sp³-hybridized carbons (Fsp3) is 1.00. The average molecular weight is 308 g/mol. The number of rotatable bonds is 13. The Morgan fingerprint density at radius 3 is 1.80 bits per heavy atom. The van der Waals surface area contributed by atoms with Crippen LogP contribution in [0.3, 0.4) is 0 Å². The van der Waals surface area contributed by atoms with E-state index in [0.717, 1.165) is 32.1 Å². The summed E-state index contributed by atoms with van der Waals surface area (Å²) in [6.07, 6.45) is 9.26. The molecule has 0 spiro atoms. The lowest BCUT2D eigenvalue weighted by atomic mass is 10.0. The van der Waals surface area contributed by atoms with Crippen LogP contribution in [0.2, 0.25) is 0 Å². The second-order valence-electron chi connectivity index (χ2n) is 5.67. The van der Waals surface area contributed by atoms with Gasteiger partial charge in [-0.25, -0.2) is 0 Å². The minimum Gasteiger partial charge on any atom is -0.392 e. The van der Waals surface area contributed by atoms with Gasteiger partial charge in [-0.3, -0.25) is 4.55 Å². The van der Waals surface area contributed by atoms with Crippen LogP contribution in [-0.4, -0.2) is 29.4 Å². The van der Waals surface area contributed by atoms with E-state index < -0.39 is 21.5 Å². The zero-order chi connectivity index (χ0) is 15.4. The van der Waals surface area contributed by atoms with E-state index >= 15 is 0 Å². The summed E-state index contributed by atoms with van der Waals surface area (Å²) in [5.74, 6) is 0. The highest BCUT2D eigenvalue weighted by molar-refractivity contribution is 7.86. The summed E-state index contributed by atoms with van der Waals surface area (Å²) in [4.78, 5) is 0. The molecule has 0 rings (SSSR count). The average Bonchev–Trinajstić information content (AvgIpc) is 2.37. The molecule has 0 heterocycles. The Morgan fingerprint density at radius 2 is 1.30 bits per heavy atom. The third kappa shape index (κ3) is 9.72. The molecule has 20 heavy (non-hydrogen) atoms. The maximum absolute atomic E-state index is 11.3. The van der Waals surface area contributed by atoms with Crippen LogP contribution in [-0.2, 0) is 10.1 Å². The third-order valence-electron chi connectivity index (χ3n) is 3.76. The van der Waals surface area contributed by atoms with Crippen molar-refractivity contribution < 1.29 is 18.1 Å². The Balaban J connectivity index is 4.00. The highest BCUT2D eigenvalue weighted by Gasteiger charge is 2.29. The normalized spacial score (nSPS) is 15.2. The zero-order valence-corrected chi connectivity index (χ0v) is 13.9. The van der Waals surface area contributed by atoms with E-state index in [2.05, 4.69) is 6.92 Å². The van der Waals surface area contributed by atoms with E-state index in [0.29, 0.717) is 12.8 Å². The van der Waals surface area contributed by atoms with Crippen LogP contribution in [0, 0.1) is 0 Å². The largest absolute Gasteiger partial charge is 0.392 e. The highest BCUT2D eigenvalue weighted by Crippen LogP contribution is 2.19. The predicted octanol–water partition coefficient (Wildman–Crippen LogP) is 3.93. The SMILES string of the molecule is CCCCCCCCCC(C(O)CCCC)S(=O)(=O)O. The molecule has 0 aromatic carbocycles. The second-order valence-corrected chi connectivity index (χ2v) is 7.31. The number of unbranched alkanes of at least 4 members (excludes halogenated alkanes) is 7. The standard InChI is InChI=1S/C15H32O4S/c1-3-5-7-8-9-10-11-13-15(20(17,18)19)14(16)12-6-4-2/h14-16H,3-13H2,1-2H3,(H,17,18,19). The van der Waals surface area contributed by atoms with Crippen molar-refractivity contribution in [2.75, 3.05) is 0 Å². The van der Waals surface area contributed by atoms with Crippen molar-refractivity contribution in [3.05, 3.63) is 0 Å². The topological polar surface area (TPSA) is 74.6 Å². The maximum Gasteiger partial charge on any atom is 0.270 e. The summed E-state index contributed by atoms with van der Waals surface area (Å²) < 4.78 is 31.9. The van der Waals surface area contributed by atoms with Crippen molar-refractivity contribution in [1.82, 2.24) is 0 Å². The smallest absolute Gasteiger partial charge is 0.270 e. The van der Waals surface area contributed by atoms with Gasteiger partial charge in [-0.15, -0.1) is 0 Å². The van der Waals surface area contributed by atoms with E-state index in [9.17, 15) is 18.1 Å². The molecule has 0 saturated heterocycles. The van der Waals surface area contributed by atoms with Gasteiger partial charge in [-0.2, -0.15) is 8.42 Å². The van der Waals surface area contributed by atoms with E-state index in [1.807, 2.05) is 6.92 Å². The van der Waals surface area contributed by atoms with Crippen LogP contribution in [0.4, 0.5) is 0 Å². The Kier molecular flexibility index (Phi) is 11.4. The van der Waals surface area contributed by atoms with Gasteiger partial charge >= 0.3 is 0 Å². The number of hydrogen-bond donors (Lipinski definition) is 2. The molecule has 122 valence electrons. The first-order valence-electron chi connectivity index (χ1n) is 8.07. The molecule has 0 aliphatic carbocycles.